The van der Waals surface area contributed by atoms with Gasteiger partial charge in [-0.25, -0.2) is 0 Å². The zero-order valence-corrected chi connectivity index (χ0v) is 15.7. The van der Waals surface area contributed by atoms with Crippen LogP contribution in [-0.2, 0) is 22.6 Å². The molecule has 2 aromatic carbocycles. The maximum atomic E-state index is 12.7. The molecule has 1 amide bonds. The number of nitrogens with one attached hydrogen (secondary N) is 1. The first-order chi connectivity index (χ1) is 14.0. The smallest absolute Gasteiger partial charge is 0.292 e. The highest BCUT2D eigenvalue weighted by atomic mass is 16.3. The van der Waals surface area contributed by atoms with Gasteiger partial charge < -0.3 is 10.4 Å². The van der Waals surface area contributed by atoms with Gasteiger partial charge in [0.2, 0.25) is 0 Å². The lowest BCUT2D eigenvalue weighted by atomic mass is 9.84. The van der Waals surface area contributed by atoms with E-state index in [4.69, 9.17) is 0 Å². The van der Waals surface area contributed by atoms with E-state index in [9.17, 15) is 14.7 Å². The highest BCUT2D eigenvalue weighted by Crippen LogP contribution is 2.30. The van der Waals surface area contributed by atoms with Crippen LogP contribution in [0.2, 0.25) is 0 Å². The Kier molecular flexibility index (Phi) is 5.06. The summed E-state index contributed by atoms with van der Waals surface area (Å²) in [6, 6.07) is 19.0. The number of ketones is 1. The summed E-state index contributed by atoms with van der Waals surface area (Å²) in [4.78, 5) is 29.3. The van der Waals surface area contributed by atoms with Crippen molar-refractivity contribution < 1.29 is 14.7 Å². The molecule has 2 aromatic rings. The number of aliphatic hydroxyl groups is 1. The third-order valence-corrected chi connectivity index (χ3v) is 4.90. The molecular weight excluding hydrogens is 364 g/mol. The Balaban J connectivity index is 1.48. The van der Waals surface area contributed by atoms with E-state index >= 15 is 0 Å². The fraction of sp³-hybridized carbons (Fsp3) is 0.125. The number of allylic oxidation sites excluding steroid dienone is 2. The van der Waals surface area contributed by atoms with Crippen LogP contribution >= 0.6 is 0 Å². The Morgan fingerprint density at radius 1 is 0.966 bits per heavy atom. The second-order valence-corrected chi connectivity index (χ2v) is 7.10. The van der Waals surface area contributed by atoms with Gasteiger partial charge in [0.25, 0.3) is 11.7 Å². The standard InChI is InChI=1S/C24H20N2O3/c27-22(23(28)26-15-18-9-5-2-6-10-18)20-16-25-21-11-12-24(29,14-19(20)21)13-17-7-3-1-4-8-17/h1-12,14,16,29H,13,15H2,(H,26,28). The molecule has 0 saturated heterocycles. The molecule has 5 heteroatoms. The number of Topliss-reactive ketones (excluding diaryl/α,β-unsaturated/α-hetero) is 1. The van der Waals surface area contributed by atoms with Crippen molar-refractivity contribution in [2.24, 2.45) is 4.99 Å². The SMILES string of the molecule is O=C(NCc1ccccc1)C(=O)C1=CN=C2C=CC(O)(Cc3ccccc3)C=C12. The number of aliphatic imine (C=N–C) groups is 1. The van der Waals surface area contributed by atoms with Crippen LogP contribution in [0.15, 0.2) is 101 Å². The van der Waals surface area contributed by atoms with Gasteiger partial charge in [0.15, 0.2) is 0 Å². The van der Waals surface area contributed by atoms with Crippen molar-refractivity contribution in [2.75, 3.05) is 0 Å². The number of fused-ring (bicyclic) bond motifs is 1. The third kappa shape index (κ3) is 4.15. The van der Waals surface area contributed by atoms with Crippen molar-refractivity contribution in [1.82, 2.24) is 5.32 Å². The van der Waals surface area contributed by atoms with Gasteiger partial charge in [-0.15, -0.1) is 0 Å². The van der Waals surface area contributed by atoms with E-state index in [-0.39, 0.29) is 12.1 Å². The van der Waals surface area contributed by atoms with Gasteiger partial charge in [-0.3, -0.25) is 14.6 Å². The number of benzene rings is 2. The summed E-state index contributed by atoms with van der Waals surface area (Å²) in [7, 11) is 0. The first kappa shape index (κ1) is 18.8. The first-order valence-electron chi connectivity index (χ1n) is 9.38. The van der Waals surface area contributed by atoms with Gasteiger partial charge in [0, 0.05) is 24.7 Å². The highest BCUT2D eigenvalue weighted by Gasteiger charge is 2.33. The Morgan fingerprint density at radius 3 is 2.31 bits per heavy atom. The normalized spacial score (nSPS) is 19.7. The van der Waals surface area contributed by atoms with Crippen LogP contribution in [0.5, 0.6) is 0 Å². The summed E-state index contributed by atoms with van der Waals surface area (Å²) in [6.07, 6.45) is 6.73. The van der Waals surface area contributed by atoms with Gasteiger partial charge in [0.05, 0.1) is 11.3 Å². The molecule has 1 atom stereocenters. The van der Waals surface area contributed by atoms with Crippen LogP contribution in [-0.4, -0.2) is 28.1 Å². The molecule has 1 aliphatic heterocycles. The third-order valence-electron chi connectivity index (χ3n) is 4.90. The number of carbonyl (C=O) groups is 2. The Labute approximate surface area is 168 Å². The largest absolute Gasteiger partial charge is 0.381 e. The van der Waals surface area contributed by atoms with Gasteiger partial charge in [-0.2, -0.15) is 0 Å². The van der Waals surface area contributed by atoms with Crippen molar-refractivity contribution in [2.45, 2.75) is 18.6 Å². The van der Waals surface area contributed by atoms with Gasteiger partial charge >= 0.3 is 0 Å². The monoisotopic (exact) mass is 384 g/mol. The molecule has 2 aliphatic rings. The maximum Gasteiger partial charge on any atom is 0.292 e. The lowest BCUT2D eigenvalue weighted by molar-refractivity contribution is -0.135. The number of carbonyl (C=O) groups excluding carboxylic acids is 2. The zero-order chi connectivity index (χ0) is 20.3. The van der Waals surface area contributed by atoms with E-state index in [0.29, 0.717) is 17.7 Å². The number of rotatable bonds is 6. The fourth-order valence-electron chi connectivity index (χ4n) is 3.41. The molecule has 0 saturated carbocycles. The molecule has 0 radical (unpaired) electrons. The molecule has 0 fully saturated rings. The molecule has 0 aromatic heterocycles. The summed E-state index contributed by atoms with van der Waals surface area (Å²) in [5.74, 6) is -1.36. The van der Waals surface area contributed by atoms with Crippen molar-refractivity contribution >= 4 is 17.4 Å². The van der Waals surface area contributed by atoms with Crippen LogP contribution < -0.4 is 5.32 Å². The van der Waals surface area contributed by atoms with E-state index in [2.05, 4.69) is 10.3 Å². The molecule has 0 spiro atoms. The van der Waals surface area contributed by atoms with Gasteiger partial charge in [-0.1, -0.05) is 60.7 Å². The summed E-state index contributed by atoms with van der Waals surface area (Å²) in [5, 5.41) is 13.6. The summed E-state index contributed by atoms with van der Waals surface area (Å²) >= 11 is 0. The van der Waals surface area contributed by atoms with Crippen LogP contribution in [0.3, 0.4) is 0 Å². The fourth-order valence-corrected chi connectivity index (χ4v) is 3.41. The minimum absolute atomic E-state index is 0.196. The molecular formula is C24H20N2O3. The number of amides is 1. The van der Waals surface area contributed by atoms with Crippen molar-refractivity contribution in [3.05, 3.63) is 107 Å². The molecule has 1 unspecified atom stereocenters. The molecule has 5 nitrogen and oxygen atoms in total. The molecule has 4 rings (SSSR count). The molecule has 29 heavy (non-hydrogen) atoms. The van der Waals surface area contributed by atoms with Gasteiger partial charge in [0.1, 0.15) is 5.60 Å². The molecule has 0 bridgehead atoms. The summed E-state index contributed by atoms with van der Waals surface area (Å²) < 4.78 is 0. The number of hydrogen-bond donors (Lipinski definition) is 2. The van der Waals surface area contributed by atoms with Crippen LogP contribution in [0, 0.1) is 0 Å². The van der Waals surface area contributed by atoms with E-state index < -0.39 is 17.3 Å². The Hall–Kier alpha value is -3.57. The van der Waals surface area contributed by atoms with Gasteiger partial charge in [-0.05, 0) is 29.4 Å². The summed E-state index contributed by atoms with van der Waals surface area (Å²) in [5.41, 5.74) is 1.88. The molecule has 144 valence electrons. The number of nitrogens with zero attached hydrogens (tertiary/aromatic N) is 1. The maximum absolute atomic E-state index is 12.7. The van der Waals surface area contributed by atoms with Crippen molar-refractivity contribution in [3.63, 3.8) is 0 Å². The quantitative estimate of drug-likeness (QED) is 0.752. The minimum atomic E-state index is -1.25. The lowest BCUT2D eigenvalue weighted by Crippen LogP contribution is -2.34. The predicted molar refractivity (Wildman–Crippen MR) is 111 cm³/mol. The zero-order valence-electron chi connectivity index (χ0n) is 15.7. The average Bonchev–Trinajstić information content (AvgIpc) is 3.15. The van der Waals surface area contributed by atoms with Crippen LogP contribution in [0.25, 0.3) is 0 Å². The predicted octanol–water partition coefficient (Wildman–Crippen LogP) is 2.68. The average molecular weight is 384 g/mol. The topological polar surface area (TPSA) is 78.8 Å². The first-order valence-corrected chi connectivity index (χ1v) is 9.38. The van der Waals surface area contributed by atoms with E-state index in [1.807, 2.05) is 60.7 Å². The summed E-state index contributed by atoms with van der Waals surface area (Å²) in [6.45, 7) is 0.267. The van der Waals surface area contributed by atoms with E-state index in [1.165, 1.54) is 6.20 Å². The van der Waals surface area contributed by atoms with Crippen LogP contribution in [0.4, 0.5) is 0 Å². The Morgan fingerprint density at radius 2 is 1.62 bits per heavy atom. The molecule has 1 aliphatic carbocycles. The van der Waals surface area contributed by atoms with E-state index in [0.717, 1.165) is 11.1 Å². The van der Waals surface area contributed by atoms with Crippen LogP contribution in [0.1, 0.15) is 11.1 Å². The Bertz CT molecular complexity index is 1070. The van der Waals surface area contributed by atoms with E-state index in [1.54, 1.807) is 18.2 Å². The molecule has 1 heterocycles. The second-order valence-electron chi connectivity index (χ2n) is 7.10. The minimum Gasteiger partial charge on any atom is -0.381 e. The lowest BCUT2D eigenvalue weighted by Gasteiger charge is -2.25. The number of hydrogen-bond acceptors (Lipinski definition) is 4. The highest BCUT2D eigenvalue weighted by molar-refractivity contribution is 6.46. The van der Waals surface area contributed by atoms with Crippen molar-refractivity contribution in [3.8, 4) is 0 Å². The molecule has 2 N–H and O–H groups in total. The second kappa shape index (κ2) is 7.81. The van der Waals surface area contributed by atoms with Crippen molar-refractivity contribution in [1.29, 1.82) is 0 Å².